The van der Waals surface area contributed by atoms with Crippen LogP contribution in [0.2, 0.25) is 0 Å². The highest BCUT2D eigenvalue weighted by atomic mass is 16.4. The first kappa shape index (κ1) is 17.5. The predicted octanol–water partition coefficient (Wildman–Crippen LogP) is 0.277. The van der Waals surface area contributed by atoms with Crippen molar-refractivity contribution < 1.29 is 14.7 Å². The summed E-state index contributed by atoms with van der Waals surface area (Å²) in [6.07, 6.45) is 3.99. The maximum absolute atomic E-state index is 12.2. The number of hydrogen-bond acceptors (Lipinski definition) is 4. The Kier molecular flexibility index (Phi) is 4.82. The van der Waals surface area contributed by atoms with E-state index in [9.17, 15) is 19.5 Å². The van der Waals surface area contributed by atoms with Crippen LogP contribution in [0.3, 0.4) is 0 Å². The molecule has 1 saturated heterocycles. The van der Waals surface area contributed by atoms with Gasteiger partial charge in [-0.15, -0.1) is 0 Å². The fourth-order valence-electron chi connectivity index (χ4n) is 3.44. The van der Waals surface area contributed by atoms with Gasteiger partial charge in [0.2, 0.25) is 0 Å². The van der Waals surface area contributed by atoms with Gasteiger partial charge in [-0.1, -0.05) is 0 Å². The highest BCUT2D eigenvalue weighted by molar-refractivity contribution is 5.79. The molecular weight excluding hydrogens is 326 g/mol. The number of fused-ring (bicyclic) bond motifs is 1. The molecule has 0 aliphatic carbocycles. The fraction of sp³-hybridized carbons (Fsp3) is 0.750. The van der Waals surface area contributed by atoms with Crippen molar-refractivity contribution in [3.05, 3.63) is 16.3 Å². The number of hydrogen-bond donors (Lipinski definition) is 2. The van der Waals surface area contributed by atoms with E-state index in [0.29, 0.717) is 32.5 Å². The molecule has 0 saturated carbocycles. The quantitative estimate of drug-likeness (QED) is 0.741. The van der Waals surface area contributed by atoms with Crippen LogP contribution in [0.25, 0.3) is 0 Å². The highest BCUT2D eigenvalue weighted by Crippen LogP contribution is 2.29. The van der Waals surface area contributed by atoms with Gasteiger partial charge in [0.1, 0.15) is 5.82 Å². The number of urea groups is 1. The maximum atomic E-state index is 12.2. The highest BCUT2D eigenvalue weighted by Gasteiger charge is 2.42. The monoisotopic (exact) mass is 351 g/mol. The Bertz CT molecular complexity index is 725. The molecule has 9 nitrogen and oxygen atoms in total. The lowest BCUT2D eigenvalue weighted by molar-refractivity contribution is -0.146. The van der Waals surface area contributed by atoms with Gasteiger partial charge in [0.05, 0.1) is 5.41 Å². The number of likely N-dealkylation sites (tertiary alicyclic amines) is 1. The zero-order valence-corrected chi connectivity index (χ0v) is 14.5. The standard InChI is InChI=1S/C16H25N5O4/c1-16(13(22)23)6-10-19(11-16)14(24)17-7-4-9-21-15(25)20-8-3-2-5-12(20)18-21/h2-11H2,1H3,(H,17,24)(H,22,23). The first-order chi connectivity index (χ1) is 11.9. The summed E-state index contributed by atoms with van der Waals surface area (Å²) in [4.78, 5) is 37.1. The zero-order chi connectivity index (χ0) is 18.0. The van der Waals surface area contributed by atoms with Crippen LogP contribution in [-0.2, 0) is 24.3 Å². The van der Waals surface area contributed by atoms with E-state index in [1.807, 2.05) is 0 Å². The summed E-state index contributed by atoms with van der Waals surface area (Å²) in [6.45, 7) is 3.96. The van der Waals surface area contributed by atoms with Gasteiger partial charge in [-0.3, -0.25) is 9.36 Å². The van der Waals surface area contributed by atoms with Crippen molar-refractivity contribution in [1.82, 2.24) is 24.6 Å². The Balaban J connectivity index is 1.45. The number of aliphatic carboxylic acids is 1. The van der Waals surface area contributed by atoms with E-state index in [1.165, 1.54) is 9.58 Å². The minimum absolute atomic E-state index is 0.0715. The molecule has 3 heterocycles. The minimum Gasteiger partial charge on any atom is -0.481 e. The molecule has 1 atom stereocenters. The number of carbonyl (C=O) groups excluding carboxylic acids is 1. The third-order valence-electron chi connectivity index (χ3n) is 5.13. The molecule has 2 aliphatic heterocycles. The summed E-state index contributed by atoms with van der Waals surface area (Å²) < 4.78 is 3.21. The summed E-state index contributed by atoms with van der Waals surface area (Å²) in [6, 6.07) is -0.249. The molecule has 0 bridgehead atoms. The van der Waals surface area contributed by atoms with Crippen molar-refractivity contribution in [2.75, 3.05) is 19.6 Å². The normalized spacial score (nSPS) is 22.7. The average molecular weight is 351 g/mol. The molecule has 0 radical (unpaired) electrons. The van der Waals surface area contributed by atoms with Crippen molar-refractivity contribution >= 4 is 12.0 Å². The average Bonchev–Trinajstić information content (AvgIpc) is 3.14. The van der Waals surface area contributed by atoms with Crippen LogP contribution in [0.5, 0.6) is 0 Å². The Morgan fingerprint density at radius 3 is 2.80 bits per heavy atom. The van der Waals surface area contributed by atoms with Crippen molar-refractivity contribution in [2.45, 2.75) is 52.1 Å². The smallest absolute Gasteiger partial charge is 0.345 e. The molecule has 3 rings (SSSR count). The number of carboxylic acids is 1. The van der Waals surface area contributed by atoms with Gasteiger partial charge in [0.15, 0.2) is 0 Å². The number of carboxylic acid groups (broad SMARTS) is 1. The SMILES string of the molecule is CC1(C(=O)O)CCN(C(=O)NCCCn2nc3n(c2=O)CCCC3)C1. The van der Waals surface area contributed by atoms with Crippen LogP contribution < -0.4 is 11.0 Å². The Morgan fingerprint density at radius 2 is 2.12 bits per heavy atom. The molecule has 138 valence electrons. The first-order valence-electron chi connectivity index (χ1n) is 8.83. The number of nitrogens with one attached hydrogen (secondary N) is 1. The van der Waals surface area contributed by atoms with Crippen LogP contribution in [0, 0.1) is 5.41 Å². The molecule has 2 N–H and O–H groups in total. The molecule has 0 aromatic carbocycles. The second-order valence-electron chi connectivity index (χ2n) is 7.15. The molecule has 2 aliphatic rings. The first-order valence-corrected chi connectivity index (χ1v) is 8.83. The van der Waals surface area contributed by atoms with Crippen molar-refractivity contribution in [2.24, 2.45) is 5.41 Å². The van der Waals surface area contributed by atoms with Gasteiger partial charge in [-0.25, -0.2) is 14.3 Å². The fourth-order valence-corrected chi connectivity index (χ4v) is 3.44. The van der Waals surface area contributed by atoms with Crippen LogP contribution in [0.1, 0.15) is 38.4 Å². The number of amides is 2. The summed E-state index contributed by atoms with van der Waals surface area (Å²) in [5, 5.41) is 16.4. The van der Waals surface area contributed by atoms with Crippen molar-refractivity contribution in [1.29, 1.82) is 0 Å². The number of aryl methyl sites for hydroxylation is 2. The summed E-state index contributed by atoms with van der Waals surface area (Å²) >= 11 is 0. The summed E-state index contributed by atoms with van der Waals surface area (Å²) in [5.41, 5.74) is -0.932. The number of carbonyl (C=O) groups is 2. The van der Waals surface area contributed by atoms with Crippen LogP contribution >= 0.6 is 0 Å². The Morgan fingerprint density at radius 1 is 1.32 bits per heavy atom. The molecule has 1 unspecified atom stereocenters. The number of nitrogens with zero attached hydrogens (tertiary/aromatic N) is 4. The van der Waals surface area contributed by atoms with Gasteiger partial charge in [-0.05, 0) is 32.6 Å². The van der Waals surface area contributed by atoms with E-state index >= 15 is 0 Å². The van der Waals surface area contributed by atoms with Gasteiger partial charge >= 0.3 is 17.7 Å². The lowest BCUT2D eigenvalue weighted by Crippen LogP contribution is -2.41. The predicted molar refractivity (Wildman–Crippen MR) is 89.4 cm³/mol. The summed E-state index contributed by atoms with van der Waals surface area (Å²) in [5.74, 6) is -0.0174. The van der Waals surface area contributed by atoms with E-state index < -0.39 is 11.4 Å². The molecule has 1 aromatic rings. The Labute approximate surface area is 145 Å². The van der Waals surface area contributed by atoms with Crippen LogP contribution in [-0.4, -0.2) is 56.0 Å². The minimum atomic E-state index is -0.870. The zero-order valence-electron chi connectivity index (χ0n) is 14.5. The molecule has 1 aromatic heterocycles. The third-order valence-corrected chi connectivity index (χ3v) is 5.13. The second-order valence-corrected chi connectivity index (χ2v) is 7.15. The van der Waals surface area contributed by atoms with Crippen LogP contribution in [0.15, 0.2) is 4.79 Å². The van der Waals surface area contributed by atoms with E-state index in [-0.39, 0.29) is 18.3 Å². The van der Waals surface area contributed by atoms with Crippen molar-refractivity contribution in [3.8, 4) is 0 Å². The van der Waals surface area contributed by atoms with Gasteiger partial charge < -0.3 is 15.3 Å². The van der Waals surface area contributed by atoms with Crippen molar-refractivity contribution in [3.63, 3.8) is 0 Å². The van der Waals surface area contributed by atoms with Crippen LogP contribution in [0.4, 0.5) is 4.79 Å². The van der Waals surface area contributed by atoms with Gasteiger partial charge in [0, 0.05) is 39.1 Å². The van der Waals surface area contributed by atoms with E-state index in [0.717, 1.165) is 31.6 Å². The Hall–Kier alpha value is -2.32. The largest absolute Gasteiger partial charge is 0.481 e. The lowest BCUT2D eigenvalue weighted by atomic mass is 9.90. The summed E-state index contributed by atoms with van der Waals surface area (Å²) in [7, 11) is 0. The number of rotatable bonds is 5. The van der Waals surface area contributed by atoms with E-state index in [1.54, 1.807) is 11.5 Å². The molecule has 2 amide bonds. The second kappa shape index (κ2) is 6.89. The number of aromatic nitrogens is 3. The third kappa shape index (κ3) is 3.54. The maximum Gasteiger partial charge on any atom is 0.345 e. The molecule has 25 heavy (non-hydrogen) atoms. The molecular formula is C16H25N5O4. The van der Waals surface area contributed by atoms with E-state index in [2.05, 4.69) is 10.4 Å². The van der Waals surface area contributed by atoms with Gasteiger partial charge in [-0.2, -0.15) is 5.10 Å². The van der Waals surface area contributed by atoms with E-state index in [4.69, 9.17) is 0 Å². The topological polar surface area (TPSA) is 109 Å². The molecule has 1 fully saturated rings. The molecule has 9 heteroatoms. The molecule has 0 spiro atoms. The lowest BCUT2D eigenvalue weighted by Gasteiger charge is -2.20. The van der Waals surface area contributed by atoms with Gasteiger partial charge in [0.25, 0.3) is 0 Å².